The summed E-state index contributed by atoms with van der Waals surface area (Å²) in [4.78, 5) is 3.94. The van der Waals surface area contributed by atoms with E-state index in [1.807, 2.05) is 6.92 Å². The van der Waals surface area contributed by atoms with Crippen molar-refractivity contribution in [3.05, 3.63) is 26.4 Å². The smallest absolute Gasteiger partial charge is 0.133 e. The van der Waals surface area contributed by atoms with Crippen LogP contribution >= 0.6 is 39.1 Å². The number of aromatic nitrogens is 1. The van der Waals surface area contributed by atoms with Gasteiger partial charge in [-0.3, -0.25) is 0 Å². The first kappa shape index (κ1) is 9.30. The first-order valence-electron chi connectivity index (χ1n) is 3.15. The van der Waals surface area contributed by atoms with Gasteiger partial charge in [0.2, 0.25) is 0 Å². The first-order valence-corrected chi connectivity index (χ1v) is 4.70. The molecule has 0 aliphatic rings. The summed E-state index contributed by atoms with van der Waals surface area (Å²) >= 11 is 15.0. The molecule has 1 aromatic heterocycles. The molecule has 0 spiro atoms. The van der Waals surface area contributed by atoms with Crippen molar-refractivity contribution in [1.29, 1.82) is 0 Å². The molecule has 0 amide bonds. The highest BCUT2D eigenvalue weighted by Crippen LogP contribution is 2.29. The van der Waals surface area contributed by atoms with Gasteiger partial charge in [-0.15, -0.1) is 0 Å². The third kappa shape index (κ3) is 1.86. The standard InChI is InChI=1S/C7H6BrCl2N/c1-2-4-6(9)5(8)3-11-7(4)10/h3H,2H2,1H3. The molecule has 11 heavy (non-hydrogen) atoms. The van der Waals surface area contributed by atoms with E-state index in [0.29, 0.717) is 10.2 Å². The van der Waals surface area contributed by atoms with Crippen molar-refractivity contribution >= 4 is 39.1 Å². The Balaban J connectivity index is 3.29. The SMILES string of the molecule is CCc1c(Cl)ncc(Br)c1Cl. The lowest BCUT2D eigenvalue weighted by molar-refractivity contribution is 1.10. The van der Waals surface area contributed by atoms with Crippen molar-refractivity contribution in [2.45, 2.75) is 13.3 Å². The van der Waals surface area contributed by atoms with E-state index in [0.717, 1.165) is 16.5 Å². The Kier molecular flexibility index (Phi) is 3.16. The van der Waals surface area contributed by atoms with E-state index in [-0.39, 0.29) is 0 Å². The van der Waals surface area contributed by atoms with Gasteiger partial charge in [-0.25, -0.2) is 4.98 Å². The maximum Gasteiger partial charge on any atom is 0.133 e. The summed E-state index contributed by atoms with van der Waals surface area (Å²) in [5.41, 5.74) is 0.891. The molecule has 0 aromatic carbocycles. The Hall–Kier alpha value is 0.210. The van der Waals surface area contributed by atoms with Crippen LogP contribution in [0.15, 0.2) is 10.7 Å². The fourth-order valence-corrected chi connectivity index (χ4v) is 1.72. The molecule has 0 saturated carbocycles. The predicted molar refractivity (Wildman–Crippen MR) is 51.3 cm³/mol. The van der Waals surface area contributed by atoms with Crippen molar-refractivity contribution in [2.75, 3.05) is 0 Å². The molecule has 0 N–H and O–H groups in total. The number of nitrogens with zero attached hydrogens (tertiary/aromatic N) is 1. The van der Waals surface area contributed by atoms with Crippen molar-refractivity contribution in [3.8, 4) is 0 Å². The Morgan fingerprint density at radius 3 is 2.64 bits per heavy atom. The minimum atomic E-state index is 0.487. The lowest BCUT2D eigenvalue weighted by atomic mass is 10.2. The average molecular weight is 255 g/mol. The maximum absolute atomic E-state index is 5.93. The van der Waals surface area contributed by atoms with Gasteiger partial charge >= 0.3 is 0 Å². The number of halogens is 3. The zero-order valence-electron chi connectivity index (χ0n) is 5.87. The van der Waals surface area contributed by atoms with E-state index >= 15 is 0 Å². The van der Waals surface area contributed by atoms with Gasteiger partial charge in [0.05, 0.1) is 9.50 Å². The lowest BCUT2D eigenvalue weighted by Crippen LogP contribution is -1.88. The Morgan fingerprint density at radius 2 is 2.18 bits per heavy atom. The monoisotopic (exact) mass is 253 g/mol. The van der Waals surface area contributed by atoms with Crippen LogP contribution in [0, 0.1) is 0 Å². The highest BCUT2D eigenvalue weighted by Gasteiger charge is 2.07. The van der Waals surface area contributed by atoms with Crippen LogP contribution in [0.1, 0.15) is 12.5 Å². The number of rotatable bonds is 1. The Bertz CT molecular complexity index is 275. The van der Waals surface area contributed by atoms with Gasteiger partial charge in [0.25, 0.3) is 0 Å². The van der Waals surface area contributed by atoms with Crippen LogP contribution in [0.5, 0.6) is 0 Å². The van der Waals surface area contributed by atoms with Gasteiger partial charge < -0.3 is 0 Å². The highest BCUT2D eigenvalue weighted by molar-refractivity contribution is 9.10. The summed E-state index contributed by atoms with van der Waals surface area (Å²) < 4.78 is 0.792. The summed E-state index contributed by atoms with van der Waals surface area (Å²) in [6, 6.07) is 0. The molecule has 0 atom stereocenters. The highest BCUT2D eigenvalue weighted by atomic mass is 79.9. The number of pyridine rings is 1. The topological polar surface area (TPSA) is 12.9 Å². The van der Waals surface area contributed by atoms with Gasteiger partial charge in [0, 0.05) is 11.8 Å². The molecule has 0 radical (unpaired) electrons. The van der Waals surface area contributed by atoms with Gasteiger partial charge in [-0.05, 0) is 22.4 Å². The van der Waals surface area contributed by atoms with Crippen LogP contribution in [0.3, 0.4) is 0 Å². The van der Waals surface area contributed by atoms with Crippen LogP contribution in [0.25, 0.3) is 0 Å². The summed E-state index contributed by atoms with van der Waals surface area (Å²) in [6.07, 6.45) is 2.40. The lowest BCUT2D eigenvalue weighted by Gasteiger charge is -2.03. The third-order valence-corrected chi connectivity index (χ3v) is 2.96. The Morgan fingerprint density at radius 1 is 1.55 bits per heavy atom. The van der Waals surface area contributed by atoms with Crippen molar-refractivity contribution in [3.63, 3.8) is 0 Å². The molecule has 1 heterocycles. The minimum absolute atomic E-state index is 0.487. The molecule has 0 bridgehead atoms. The second kappa shape index (κ2) is 3.74. The van der Waals surface area contributed by atoms with Crippen molar-refractivity contribution in [2.24, 2.45) is 0 Å². The zero-order valence-corrected chi connectivity index (χ0v) is 8.96. The molecule has 4 heteroatoms. The Labute approximate surface area is 83.9 Å². The van der Waals surface area contributed by atoms with E-state index in [1.165, 1.54) is 0 Å². The van der Waals surface area contributed by atoms with Crippen LogP contribution in [0.2, 0.25) is 10.2 Å². The van der Waals surface area contributed by atoms with Crippen LogP contribution in [-0.4, -0.2) is 4.98 Å². The molecule has 1 nitrogen and oxygen atoms in total. The van der Waals surface area contributed by atoms with Crippen molar-refractivity contribution in [1.82, 2.24) is 4.98 Å². The number of hydrogen-bond acceptors (Lipinski definition) is 1. The molecule has 0 aliphatic carbocycles. The summed E-state index contributed by atoms with van der Waals surface area (Å²) in [7, 11) is 0. The fraction of sp³-hybridized carbons (Fsp3) is 0.286. The molecule has 0 aliphatic heterocycles. The van der Waals surface area contributed by atoms with E-state index in [2.05, 4.69) is 20.9 Å². The molecule has 60 valence electrons. The van der Waals surface area contributed by atoms with Crippen molar-refractivity contribution < 1.29 is 0 Å². The minimum Gasteiger partial charge on any atom is -0.243 e. The molecular formula is C7H6BrCl2N. The van der Waals surface area contributed by atoms with Gasteiger partial charge in [-0.2, -0.15) is 0 Å². The fourth-order valence-electron chi connectivity index (χ4n) is 0.784. The van der Waals surface area contributed by atoms with E-state index < -0.39 is 0 Å². The van der Waals surface area contributed by atoms with Crippen LogP contribution in [0.4, 0.5) is 0 Å². The second-order valence-corrected chi connectivity index (χ2v) is 3.63. The average Bonchev–Trinajstić information content (AvgIpc) is 1.99. The zero-order chi connectivity index (χ0) is 8.43. The van der Waals surface area contributed by atoms with Crippen LogP contribution in [-0.2, 0) is 6.42 Å². The molecule has 0 fully saturated rings. The van der Waals surface area contributed by atoms with Gasteiger partial charge in [0.15, 0.2) is 0 Å². The maximum atomic E-state index is 5.93. The van der Waals surface area contributed by atoms with Crippen LogP contribution < -0.4 is 0 Å². The van der Waals surface area contributed by atoms with E-state index in [9.17, 15) is 0 Å². The number of hydrogen-bond donors (Lipinski definition) is 0. The molecule has 0 saturated heterocycles. The molecular weight excluding hydrogens is 249 g/mol. The summed E-state index contributed by atoms with van der Waals surface area (Å²) in [6.45, 7) is 1.99. The van der Waals surface area contributed by atoms with Gasteiger partial charge in [-0.1, -0.05) is 30.1 Å². The largest absolute Gasteiger partial charge is 0.243 e. The normalized spacial score (nSPS) is 10.2. The molecule has 0 unspecified atom stereocenters. The summed E-state index contributed by atoms with van der Waals surface area (Å²) in [5.74, 6) is 0. The summed E-state index contributed by atoms with van der Waals surface area (Å²) in [5, 5.41) is 1.15. The predicted octanol–water partition coefficient (Wildman–Crippen LogP) is 3.71. The molecule has 1 aromatic rings. The van der Waals surface area contributed by atoms with E-state index in [4.69, 9.17) is 23.2 Å². The quantitative estimate of drug-likeness (QED) is 0.697. The van der Waals surface area contributed by atoms with E-state index in [1.54, 1.807) is 6.20 Å². The first-order chi connectivity index (χ1) is 5.16. The molecule has 1 rings (SSSR count). The second-order valence-electron chi connectivity index (χ2n) is 2.04. The van der Waals surface area contributed by atoms with Gasteiger partial charge in [0.1, 0.15) is 5.15 Å². The third-order valence-electron chi connectivity index (χ3n) is 1.37.